The van der Waals surface area contributed by atoms with Crippen LogP contribution in [0.2, 0.25) is 0 Å². The van der Waals surface area contributed by atoms with E-state index in [-0.39, 0.29) is 17.2 Å². The Labute approximate surface area is 180 Å². The van der Waals surface area contributed by atoms with Crippen LogP contribution in [0.5, 0.6) is 0 Å². The molecule has 0 spiro atoms. The Balaban J connectivity index is 0.00000218. The van der Waals surface area contributed by atoms with Crippen LogP contribution in [0.3, 0.4) is 0 Å². The summed E-state index contributed by atoms with van der Waals surface area (Å²) in [4.78, 5) is 23.8. The van der Waals surface area contributed by atoms with E-state index in [1.54, 1.807) is 48.5 Å². The van der Waals surface area contributed by atoms with E-state index in [1.165, 1.54) is 6.92 Å². The second-order valence-electron chi connectivity index (χ2n) is 7.47. The molecule has 2 aromatic rings. The van der Waals surface area contributed by atoms with Crippen molar-refractivity contribution < 1.29 is 9.59 Å². The Hall–Kier alpha value is -3.08. The van der Waals surface area contributed by atoms with E-state index in [1.807, 2.05) is 27.7 Å². The molecule has 0 bridgehead atoms. The molecule has 0 saturated heterocycles. The van der Waals surface area contributed by atoms with Gasteiger partial charge in [-0.25, -0.2) is 0 Å². The number of ketones is 1. The van der Waals surface area contributed by atoms with Gasteiger partial charge in [0, 0.05) is 16.7 Å². The lowest BCUT2D eigenvalue weighted by atomic mass is 9.94. The second kappa shape index (κ2) is 11.8. The summed E-state index contributed by atoms with van der Waals surface area (Å²) in [7, 11) is 0. The summed E-state index contributed by atoms with van der Waals surface area (Å²) < 4.78 is 0. The molecule has 2 aromatic carbocycles. The maximum absolute atomic E-state index is 12.5. The maximum atomic E-state index is 12.5. The van der Waals surface area contributed by atoms with Gasteiger partial charge in [0.25, 0.3) is 5.91 Å². The number of amides is 1. The van der Waals surface area contributed by atoms with Gasteiger partial charge in [-0.15, -0.1) is 0 Å². The number of hydrogen-bond donors (Lipinski definition) is 1. The third-order valence-corrected chi connectivity index (χ3v) is 4.33. The molecular weight excluding hydrogens is 374 g/mol. The number of azo groups is 1. The number of rotatable bonds is 8. The molecule has 0 unspecified atom stereocenters. The van der Waals surface area contributed by atoms with Gasteiger partial charge < -0.3 is 5.32 Å². The zero-order valence-electron chi connectivity index (χ0n) is 19.0. The molecule has 0 aromatic heterocycles. The van der Waals surface area contributed by atoms with Crippen molar-refractivity contribution in [1.29, 1.82) is 0 Å². The Morgan fingerprint density at radius 3 is 1.73 bits per heavy atom. The van der Waals surface area contributed by atoms with Crippen molar-refractivity contribution in [2.24, 2.45) is 10.2 Å². The highest BCUT2D eigenvalue weighted by molar-refractivity contribution is 5.95. The molecule has 1 N–H and O–H groups in total. The molecule has 5 heteroatoms. The highest BCUT2D eigenvalue weighted by Gasteiger charge is 2.21. The average molecular weight is 408 g/mol. The van der Waals surface area contributed by atoms with Gasteiger partial charge in [-0.05, 0) is 82.1 Å². The number of carbonyl (C=O) groups is 2. The summed E-state index contributed by atoms with van der Waals surface area (Å²) in [6, 6.07) is 13.9. The van der Waals surface area contributed by atoms with Gasteiger partial charge in [0.15, 0.2) is 5.78 Å². The van der Waals surface area contributed by atoms with Crippen LogP contribution in [0, 0.1) is 0 Å². The SMILES string of the molecule is C=C(CC)CC(C)(C)NC(=O)c1ccc(N=Nc2ccc(C(C)=O)cc2)cc1.CC. The average Bonchev–Trinajstić information content (AvgIpc) is 2.73. The van der Waals surface area contributed by atoms with Crippen LogP contribution >= 0.6 is 0 Å². The standard InChI is InChI=1S/C23H27N3O2.C2H6/c1-6-16(2)15-23(4,5)24-22(28)19-9-13-21(14-10-19)26-25-20-11-7-18(8-12-20)17(3)27;1-2/h7-14H,2,6,15H2,1,3-5H3,(H,24,28);1-2H3. The molecule has 0 aliphatic heterocycles. The Morgan fingerprint density at radius 2 is 1.33 bits per heavy atom. The van der Waals surface area contributed by atoms with Crippen LogP contribution in [0.15, 0.2) is 70.9 Å². The molecule has 0 heterocycles. The molecule has 0 aliphatic carbocycles. The zero-order chi connectivity index (χ0) is 22.7. The predicted molar refractivity (Wildman–Crippen MR) is 124 cm³/mol. The number of carbonyl (C=O) groups excluding carboxylic acids is 2. The zero-order valence-corrected chi connectivity index (χ0v) is 19.0. The van der Waals surface area contributed by atoms with Crippen molar-refractivity contribution >= 4 is 23.1 Å². The summed E-state index contributed by atoms with van der Waals surface area (Å²) in [6.07, 6.45) is 1.64. The maximum Gasteiger partial charge on any atom is 0.251 e. The van der Waals surface area contributed by atoms with Crippen molar-refractivity contribution in [2.75, 3.05) is 0 Å². The van der Waals surface area contributed by atoms with E-state index in [2.05, 4.69) is 29.0 Å². The fraction of sp³-hybridized carbons (Fsp3) is 0.360. The highest BCUT2D eigenvalue weighted by atomic mass is 16.1. The van der Waals surface area contributed by atoms with Gasteiger partial charge >= 0.3 is 0 Å². The topological polar surface area (TPSA) is 70.9 Å². The third kappa shape index (κ3) is 8.11. The predicted octanol–water partition coefficient (Wildman–Crippen LogP) is 7.20. The van der Waals surface area contributed by atoms with E-state index >= 15 is 0 Å². The van der Waals surface area contributed by atoms with Gasteiger partial charge in [-0.2, -0.15) is 10.2 Å². The lowest BCUT2D eigenvalue weighted by Crippen LogP contribution is -2.43. The minimum Gasteiger partial charge on any atom is -0.347 e. The highest BCUT2D eigenvalue weighted by Crippen LogP contribution is 2.21. The van der Waals surface area contributed by atoms with Gasteiger partial charge in [0.2, 0.25) is 0 Å². The molecule has 30 heavy (non-hydrogen) atoms. The minimum atomic E-state index is -0.353. The quantitative estimate of drug-likeness (QED) is 0.285. The van der Waals surface area contributed by atoms with Crippen LogP contribution < -0.4 is 5.32 Å². The van der Waals surface area contributed by atoms with Crippen LogP contribution in [-0.2, 0) is 0 Å². The van der Waals surface area contributed by atoms with E-state index in [0.717, 1.165) is 18.4 Å². The Kier molecular flexibility index (Phi) is 9.82. The first-order valence-electron chi connectivity index (χ1n) is 10.3. The van der Waals surface area contributed by atoms with Crippen molar-refractivity contribution in [3.8, 4) is 0 Å². The molecule has 0 radical (unpaired) electrons. The van der Waals surface area contributed by atoms with Crippen molar-refractivity contribution in [2.45, 2.75) is 59.9 Å². The van der Waals surface area contributed by atoms with Crippen LogP contribution in [0.4, 0.5) is 11.4 Å². The largest absolute Gasteiger partial charge is 0.347 e. The lowest BCUT2D eigenvalue weighted by molar-refractivity contribution is 0.0912. The number of Topliss-reactive ketones (excluding diaryl/α,β-unsaturated/α-hetero) is 1. The van der Waals surface area contributed by atoms with Crippen molar-refractivity contribution in [1.82, 2.24) is 5.32 Å². The van der Waals surface area contributed by atoms with Crippen LogP contribution in [-0.4, -0.2) is 17.2 Å². The minimum absolute atomic E-state index is 0.0135. The third-order valence-electron chi connectivity index (χ3n) is 4.33. The molecule has 0 fully saturated rings. The summed E-state index contributed by atoms with van der Waals surface area (Å²) in [5, 5.41) is 11.4. The van der Waals surface area contributed by atoms with E-state index in [9.17, 15) is 9.59 Å². The summed E-state index contributed by atoms with van der Waals surface area (Å²) >= 11 is 0. The first-order chi connectivity index (χ1) is 14.2. The second-order valence-corrected chi connectivity index (χ2v) is 7.47. The summed E-state index contributed by atoms with van der Waals surface area (Å²) in [5.74, 6) is -0.114. The molecule has 1 amide bonds. The number of nitrogens with zero attached hydrogens (tertiary/aromatic N) is 2. The first-order valence-corrected chi connectivity index (χ1v) is 10.3. The normalized spacial score (nSPS) is 10.9. The van der Waals surface area contributed by atoms with Gasteiger partial charge in [0.1, 0.15) is 0 Å². The van der Waals surface area contributed by atoms with Crippen LogP contribution in [0.1, 0.15) is 75.1 Å². The van der Waals surface area contributed by atoms with Crippen molar-refractivity contribution in [3.05, 3.63) is 71.8 Å². The first kappa shape index (κ1) is 25.0. The van der Waals surface area contributed by atoms with Gasteiger partial charge in [-0.3, -0.25) is 9.59 Å². The van der Waals surface area contributed by atoms with E-state index < -0.39 is 0 Å². The monoisotopic (exact) mass is 407 g/mol. The molecular formula is C25H33N3O2. The molecule has 2 rings (SSSR count). The molecule has 160 valence electrons. The summed E-state index contributed by atoms with van der Waals surface area (Å²) in [5.41, 5.74) is 3.27. The van der Waals surface area contributed by atoms with E-state index in [4.69, 9.17) is 0 Å². The number of benzene rings is 2. The number of hydrogen-bond acceptors (Lipinski definition) is 4. The lowest BCUT2D eigenvalue weighted by Gasteiger charge is -2.27. The number of nitrogens with one attached hydrogen (secondary N) is 1. The Bertz CT molecular complexity index is 880. The molecule has 0 atom stereocenters. The molecule has 0 saturated carbocycles. The van der Waals surface area contributed by atoms with Gasteiger partial charge in [-0.1, -0.05) is 32.9 Å². The Morgan fingerprint density at radius 1 is 0.900 bits per heavy atom. The smallest absolute Gasteiger partial charge is 0.251 e. The molecule has 0 aliphatic rings. The molecule has 5 nitrogen and oxygen atoms in total. The van der Waals surface area contributed by atoms with Crippen molar-refractivity contribution in [3.63, 3.8) is 0 Å². The van der Waals surface area contributed by atoms with E-state index in [0.29, 0.717) is 22.5 Å². The fourth-order valence-corrected chi connectivity index (χ4v) is 2.73. The van der Waals surface area contributed by atoms with Gasteiger partial charge in [0.05, 0.1) is 11.4 Å². The fourth-order valence-electron chi connectivity index (χ4n) is 2.73. The van der Waals surface area contributed by atoms with Crippen LogP contribution in [0.25, 0.3) is 0 Å². The summed E-state index contributed by atoms with van der Waals surface area (Å²) in [6.45, 7) is 15.6.